The molecule has 1 fully saturated rings. The Bertz CT molecular complexity index is 353. The van der Waals surface area contributed by atoms with Crippen molar-refractivity contribution in [3.05, 3.63) is 18.0 Å². The SMILES string of the molecule is CCCCC(Cc1ccn(C2CCCC2)n1)NCC. The van der Waals surface area contributed by atoms with Gasteiger partial charge in [-0.25, -0.2) is 0 Å². The summed E-state index contributed by atoms with van der Waals surface area (Å²) in [4.78, 5) is 0. The maximum Gasteiger partial charge on any atom is 0.0640 e. The number of unbranched alkanes of at least 4 members (excludes halogenated alkanes) is 1. The Kier molecular flexibility index (Phi) is 5.90. The molecule has 1 atom stereocenters. The van der Waals surface area contributed by atoms with Gasteiger partial charge in [-0.15, -0.1) is 0 Å². The zero-order valence-corrected chi connectivity index (χ0v) is 12.6. The summed E-state index contributed by atoms with van der Waals surface area (Å²) in [5.74, 6) is 0. The minimum Gasteiger partial charge on any atom is -0.314 e. The van der Waals surface area contributed by atoms with Gasteiger partial charge >= 0.3 is 0 Å². The van der Waals surface area contributed by atoms with Crippen LogP contribution in [0.25, 0.3) is 0 Å². The van der Waals surface area contributed by atoms with Crippen molar-refractivity contribution < 1.29 is 0 Å². The molecule has 108 valence electrons. The Hall–Kier alpha value is -0.830. The van der Waals surface area contributed by atoms with Crippen molar-refractivity contribution in [2.75, 3.05) is 6.54 Å². The van der Waals surface area contributed by atoms with E-state index in [-0.39, 0.29) is 0 Å². The molecular formula is C16H29N3. The van der Waals surface area contributed by atoms with Gasteiger partial charge in [0.2, 0.25) is 0 Å². The second-order valence-corrected chi connectivity index (χ2v) is 5.83. The summed E-state index contributed by atoms with van der Waals surface area (Å²) < 4.78 is 2.21. The molecule has 0 aromatic carbocycles. The minimum absolute atomic E-state index is 0.594. The molecule has 1 aromatic heterocycles. The third-order valence-corrected chi connectivity index (χ3v) is 4.22. The number of nitrogens with zero attached hydrogens (tertiary/aromatic N) is 2. The Morgan fingerprint density at radius 3 is 2.84 bits per heavy atom. The van der Waals surface area contributed by atoms with Crippen LogP contribution >= 0.6 is 0 Å². The van der Waals surface area contributed by atoms with E-state index in [1.807, 2.05) is 0 Å². The molecule has 1 N–H and O–H groups in total. The standard InChI is InChI=1S/C16H29N3/c1-3-5-8-14(17-4-2)13-15-11-12-19(18-15)16-9-6-7-10-16/h11-12,14,16-17H,3-10,13H2,1-2H3. The Labute approximate surface area is 117 Å². The highest BCUT2D eigenvalue weighted by Gasteiger charge is 2.18. The van der Waals surface area contributed by atoms with Crippen LogP contribution in [-0.4, -0.2) is 22.4 Å². The first-order valence-corrected chi connectivity index (χ1v) is 8.11. The number of nitrogens with one attached hydrogen (secondary N) is 1. The maximum atomic E-state index is 4.80. The molecule has 0 amide bonds. The Morgan fingerprint density at radius 1 is 1.37 bits per heavy atom. The fraction of sp³-hybridized carbons (Fsp3) is 0.812. The topological polar surface area (TPSA) is 29.9 Å². The summed E-state index contributed by atoms with van der Waals surface area (Å²) in [6.45, 7) is 5.51. The predicted octanol–water partition coefficient (Wildman–Crippen LogP) is 3.71. The molecule has 2 rings (SSSR count). The summed E-state index contributed by atoms with van der Waals surface area (Å²) >= 11 is 0. The molecule has 1 aliphatic rings. The van der Waals surface area contributed by atoms with Crippen molar-refractivity contribution in [1.29, 1.82) is 0 Å². The molecule has 3 nitrogen and oxygen atoms in total. The number of hydrogen-bond acceptors (Lipinski definition) is 2. The average molecular weight is 263 g/mol. The van der Waals surface area contributed by atoms with E-state index >= 15 is 0 Å². The first kappa shape index (κ1) is 14.6. The molecule has 0 saturated heterocycles. The molecule has 1 unspecified atom stereocenters. The predicted molar refractivity (Wildman–Crippen MR) is 80.4 cm³/mol. The van der Waals surface area contributed by atoms with E-state index in [9.17, 15) is 0 Å². The van der Waals surface area contributed by atoms with Crippen LogP contribution < -0.4 is 5.32 Å². The third-order valence-electron chi connectivity index (χ3n) is 4.22. The van der Waals surface area contributed by atoms with Crippen LogP contribution in [0, 0.1) is 0 Å². The molecule has 0 radical (unpaired) electrons. The van der Waals surface area contributed by atoms with E-state index in [0.717, 1.165) is 13.0 Å². The summed E-state index contributed by atoms with van der Waals surface area (Å²) in [6.07, 6.45) is 12.5. The van der Waals surface area contributed by atoms with Gasteiger partial charge in [-0.1, -0.05) is 39.5 Å². The first-order chi connectivity index (χ1) is 9.33. The Balaban J connectivity index is 1.89. The summed E-state index contributed by atoms with van der Waals surface area (Å²) in [5, 5.41) is 8.39. The summed E-state index contributed by atoms with van der Waals surface area (Å²) in [6, 6.07) is 3.48. The minimum atomic E-state index is 0.594. The number of hydrogen-bond donors (Lipinski definition) is 1. The molecule has 1 aliphatic carbocycles. The highest BCUT2D eigenvalue weighted by Crippen LogP contribution is 2.28. The van der Waals surface area contributed by atoms with Gasteiger partial charge in [0.05, 0.1) is 11.7 Å². The van der Waals surface area contributed by atoms with Gasteiger partial charge in [0, 0.05) is 18.7 Å². The molecule has 0 spiro atoms. The zero-order valence-electron chi connectivity index (χ0n) is 12.6. The fourth-order valence-electron chi connectivity index (χ4n) is 3.13. The van der Waals surface area contributed by atoms with Crippen molar-refractivity contribution in [3.63, 3.8) is 0 Å². The molecule has 1 aromatic rings. The molecular weight excluding hydrogens is 234 g/mol. The lowest BCUT2D eigenvalue weighted by atomic mass is 10.0. The van der Waals surface area contributed by atoms with Crippen LogP contribution in [-0.2, 0) is 6.42 Å². The molecule has 1 saturated carbocycles. The van der Waals surface area contributed by atoms with Crippen molar-refractivity contribution in [1.82, 2.24) is 15.1 Å². The van der Waals surface area contributed by atoms with Crippen LogP contribution in [0.5, 0.6) is 0 Å². The molecule has 1 heterocycles. The largest absolute Gasteiger partial charge is 0.314 e. The molecule has 19 heavy (non-hydrogen) atoms. The van der Waals surface area contributed by atoms with E-state index in [2.05, 4.69) is 36.1 Å². The van der Waals surface area contributed by atoms with Crippen LogP contribution in [0.4, 0.5) is 0 Å². The van der Waals surface area contributed by atoms with Crippen molar-refractivity contribution in [2.24, 2.45) is 0 Å². The summed E-state index contributed by atoms with van der Waals surface area (Å²) in [7, 11) is 0. The van der Waals surface area contributed by atoms with Crippen molar-refractivity contribution in [3.8, 4) is 0 Å². The van der Waals surface area contributed by atoms with Crippen molar-refractivity contribution >= 4 is 0 Å². The van der Waals surface area contributed by atoms with Crippen molar-refractivity contribution in [2.45, 2.75) is 77.3 Å². The van der Waals surface area contributed by atoms with Gasteiger partial charge in [0.1, 0.15) is 0 Å². The zero-order chi connectivity index (χ0) is 13.5. The van der Waals surface area contributed by atoms with E-state index in [1.165, 1.54) is 50.6 Å². The van der Waals surface area contributed by atoms with Crippen LogP contribution in [0.15, 0.2) is 12.3 Å². The smallest absolute Gasteiger partial charge is 0.0640 e. The second kappa shape index (κ2) is 7.68. The molecule has 0 aliphatic heterocycles. The lowest BCUT2D eigenvalue weighted by Gasteiger charge is -2.16. The van der Waals surface area contributed by atoms with Gasteiger partial charge in [0.15, 0.2) is 0 Å². The van der Waals surface area contributed by atoms with Gasteiger partial charge < -0.3 is 5.32 Å². The van der Waals surface area contributed by atoms with Crippen LogP contribution in [0.3, 0.4) is 0 Å². The Morgan fingerprint density at radius 2 is 2.16 bits per heavy atom. The number of likely N-dealkylation sites (N-methyl/N-ethyl adjacent to an activating group) is 1. The normalized spacial score (nSPS) is 18.0. The highest BCUT2D eigenvalue weighted by atomic mass is 15.3. The highest BCUT2D eigenvalue weighted by molar-refractivity contribution is 5.02. The lowest BCUT2D eigenvalue weighted by molar-refractivity contribution is 0.445. The van der Waals surface area contributed by atoms with Gasteiger partial charge in [-0.3, -0.25) is 4.68 Å². The van der Waals surface area contributed by atoms with Gasteiger partial charge in [-0.05, 0) is 31.9 Å². The monoisotopic (exact) mass is 263 g/mol. The number of aromatic nitrogens is 2. The van der Waals surface area contributed by atoms with Gasteiger partial charge in [-0.2, -0.15) is 5.10 Å². The van der Waals surface area contributed by atoms with E-state index in [4.69, 9.17) is 5.10 Å². The quantitative estimate of drug-likeness (QED) is 0.775. The fourth-order valence-corrected chi connectivity index (χ4v) is 3.13. The lowest BCUT2D eigenvalue weighted by Crippen LogP contribution is -2.31. The average Bonchev–Trinajstić information content (AvgIpc) is 3.06. The van der Waals surface area contributed by atoms with E-state index in [1.54, 1.807) is 0 Å². The third kappa shape index (κ3) is 4.34. The van der Waals surface area contributed by atoms with Gasteiger partial charge in [0.25, 0.3) is 0 Å². The number of rotatable bonds is 8. The van der Waals surface area contributed by atoms with Crippen LogP contribution in [0.2, 0.25) is 0 Å². The van der Waals surface area contributed by atoms with E-state index in [0.29, 0.717) is 12.1 Å². The van der Waals surface area contributed by atoms with E-state index < -0.39 is 0 Å². The maximum absolute atomic E-state index is 4.80. The summed E-state index contributed by atoms with van der Waals surface area (Å²) in [5.41, 5.74) is 1.26. The first-order valence-electron chi connectivity index (χ1n) is 8.11. The molecule has 3 heteroatoms. The molecule has 0 bridgehead atoms. The van der Waals surface area contributed by atoms with Crippen LogP contribution in [0.1, 0.15) is 70.5 Å². The second-order valence-electron chi connectivity index (χ2n) is 5.83.